The van der Waals surface area contributed by atoms with Crippen molar-refractivity contribution in [3.05, 3.63) is 162 Å². The number of aromatic nitrogens is 2. The molecule has 101 heavy (non-hydrogen) atoms. The third-order valence-corrected chi connectivity index (χ3v) is 16.0. The van der Waals surface area contributed by atoms with Crippen LogP contribution in [0, 0.1) is 0 Å². The van der Waals surface area contributed by atoms with Gasteiger partial charge in [0, 0.05) is 25.5 Å². The first-order valence-electron chi connectivity index (χ1n) is 33.9. The van der Waals surface area contributed by atoms with Gasteiger partial charge in [-0.3, -0.25) is 43.3 Å². The molecule has 1 saturated heterocycles. The van der Waals surface area contributed by atoms with Gasteiger partial charge in [-0.25, -0.2) is 14.6 Å². The lowest BCUT2D eigenvalue weighted by Gasteiger charge is -2.38. The number of esters is 1. The number of alkyl carbamates (subject to hydrolysis) is 1. The first-order valence-corrected chi connectivity index (χ1v) is 33.9. The van der Waals surface area contributed by atoms with Crippen LogP contribution in [0.15, 0.2) is 134 Å². The SMILES string of the molecule is C[C@H](NC(=O)[C@H](Cc1cn(C(c2ccccc2)(c2ccccc2)c2ccccc2)cn1)NC(=O)OC(C)(C)C)C(=O)N[C@@H](CCC(=O)OC(C)(C)C)C(=O)NCC(=O)N[C@H](C(=O)N[C@@H](Cc1ccccc1)C(=O)N[C@H](C(=O)N1[C@H](C(=O)O)COC1(C)C)[C@@H](C)OC(C)(C)C)[C@@H](C)OC(C)(C)C. The predicted molar refractivity (Wildman–Crippen MR) is 376 cm³/mol. The van der Waals surface area contributed by atoms with Crippen LogP contribution >= 0.6 is 0 Å². The molecule has 26 heteroatoms. The van der Waals surface area contributed by atoms with Crippen LogP contribution in [0.3, 0.4) is 0 Å². The van der Waals surface area contributed by atoms with E-state index in [0.717, 1.165) is 21.6 Å². The largest absolute Gasteiger partial charge is 0.480 e. The van der Waals surface area contributed by atoms with Crippen molar-refractivity contribution in [3.63, 3.8) is 0 Å². The maximum atomic E-state index is 14.8. The van der Waals surface area contributed by atoms with Gasteiger partial charge in [-0.15, -0.1) is 0 Å². The highest BCUT2D eigenvalue weighted by Crippen LogP contribution is 2.41. The molecule has 8 amide bonds. The van der Waals surface area contributed by atoms with E-state index in [4.69, 9.17) is 28.7 Å². The molecule has 6 rings (SSSR count). The van der Waals surface area contributed by atoms with Gasteiger partial charge in [-0.05, 0) is 146 Å². The van der Waals surface area contributed by atoms with E-state index >= 15 is 0 Å². The molecular weight excluding hydrogens is 1300 g/mol. The Morgan fingerprint density at radius 1 is 0.554 bits per heavy atom. The maximum Gasteiger partial charge on any atom is 0.408 e. The van der Waals surface area contributed by atoms with Crippen molar-refractivity contribution in [2.24, 2.45) is 0 Å². The smallest absolute Gasteiger partial charge is 0.408 e. The number of amides is 8. The van der Waals surface area contributed by atoms with Crippen molar-refractivity contribution in [1.82, 2.24) is 51.7 Å². The summed E-state index contributed by atoms with van der Waals surface area (Å²) in [5.74, 6) is -8.31. The van der Waals surface area contributed by atoms with Crippen molar-refractivity contribution >= 4 is 59.4 Å². The first kappa shape index (κ1) is 80.4. The summed E-state index contributed by atoms with van der Waals surface area (Å²) in [5, 5.41) is 28.7. The van der Waals surface area contributed by atoms with Crippen molar-refractivity contribution in [3.8, 4) is 0 Å². The van der Waals surface area contributed by atoms with E-state index in [2.05, 4.69) is 37.2 Å². The van der Waals surface area contributed by atoms with Crippen LogP contribution in [0.2, 0.25) is 0 Å². The van der Waals surface area contributed by atoms with Crippen LogP contribution in [-0.2, 0) is 85.2 Å². The van der Waals surface area contributed by atoms with Gasteiger partial charge in [0.05, 0.1) is 48.6 Å². The predicted octanol–water partition coefficient (Wildman–Crippen LogP) is 6.54. The molecule has 0 radical (unpaired) electrons. The van der Waals surface area contributed by atoms with Crippen molar-refractivity contribution in [2.75, 3.05) is 13.2 Å². The Labute approximate surface area is 591 Å². The Morgan fingerprint density at radius 2 is 1.03 bits per heavy atom. The highest BCUT2D eigenvalue weighted by molar-refractivity contribution is 5.98. The van der Waals surface area contributed by atoms with Crippen LogP contribution in [0.25, 0.3) is 0 Å². The summed E-state index contributed by atoms with van der Waals surface area (Å²) in [6.45, 7) is 26.6. The van der Waals surface area contributed by atoms with E-state index in [1.54, 1.807) is 133 Å². The number of aliphatic carboxylic acids is 1. The van der Waals surface area contributed by atoms with Gasteiger partial charge in [-0.2, -0.15) is 0 Å². The molecule has 1 aromatic heterocycles. The molecule has 8 N–H and O–H groups in total. The van der Waals surface area contributed by atoms with Gasteiger partial charge in [0.25, 0.3) is 5.91 Å². The zero-order chi connectivity index (χ0) is 75.0. The number of hydrogen-bond donors (Lipinski definition) is 8. The minimum absolute atomic E-state index is 0.148. The Bertz CT molecular complexity index is 3560. The molecule has 548 valence electrons. The van der Waals surface area contributed by atoms with Gasteiger partial charge >= 0.3 is 18.0 Å². The number of benzene rings is 4. The number of rotatable bonds is 30. The normalized spacial score (nSPS) is 16.4. The molecular formula is C75H102N10O16. The van der Waals surface area contributed by atoms with Gasteiger partial charge in [-0.1, -0.05) is 121 Å². The van der Waals surface area contributed by atoms with E-state index in [0.29, 0.717) is 11.3 Å². The van der Waals surface area contributed by atoms with E-state index in [1.807, 2.05) is 95.6 Å². The summed E-state index contributed by atoms with van der Waals surface area (Å²) in [6, 6.07) is 27.8. The number of nitrogens with one attached hydrogen (secondary N) is 7. The van der Waals surface area contributed by atoms with E-state index in [-0.39, 0.29) is 25.9 Å². The van der Waals surface area contributed by atoms with Crippen molar-refractivity contribution in [1.29, 1.82) is 0 Å². The Hall–Kier alpha value is -9.53. The number of hydrogen-bond acceptors (Lipinski definition) is 16. The molecule has 9 atom stereocenters. The van der Waals surface area contributed by atoms with Gasteiger partial charge in [0.15, 0.2) is 6.04 Å². The molecule has 2 heterocycles. The number of carboxylic acids is 1. The lowest BCUT2D eigenvalue weighted by Crippen LogP contribution is -2.64. The fourth-order valence-corrected chi connectivity index (χ4v) is 11.8. The molecule has 0 aliphatic carbocycles. The van der Waals surface area contributed by atoms with Crippen LogP contribution in [0.5, 0.6) is 0 Å². The quantitative estimate of drug-likeness (QED) is 0.0179. The van der Waals surface area contributed by atoms with Crippen molar-refractivity contribution < 1.29 is 76.7 Å². The standard InChI is InChI=1S/C75H102N10O16/c1-46(78-64(90)56(81-69(96)101-73(13,14)15)41-53-43-84(45-77-53)75(50-32-24-19-25-33-50,51-34-26-20-27-35-51)52-36-28-21-29-37-52)62(88)79-54(38-39-59(87)100-72(10,11)12)63(89)76-42-58(86)82-60(47(2)98-70(4,5)6)66(92)80-55(40-49-30-22-18-23-31-49)65(91)83-61(48(3)99-71(7,8)9)67(93)85-57(68(94)95)44-97-74(85,16)17/h18-37,43,45-48,54-57,60-61H,38-42,44H2,1-17H3,(H,76,89)(H,78,90)(H,79,88)(H,80,92)(H,81,96)(H,82,86)(H,83,91)(H,94,95)/t46-,47+,48+,54-,55-,56-,57-,60-,61-/m0/s1. The monoisotopic (exact) mass is 1400 g/mol. The van der Waals surface area contributed by atoms with Crippen LogP contribution in [-0.4, -0.2) is 175 Å². The van der Waals surface area contributed by atoms with Gasteiger partial charge in [0.1, 0.15) is 58.7 Å². The zero-order valence-electron chi connectivity index (χ0n) is 61.1. The van der Waals surface area contributed by atoms with E-state index in [9.17, 15) is 53.1 Å². The lowest BCUT2D eigenvalue weighted by molar-refractivity contribution is -0.162. The van der Waals surface area contributed by atoms with Gasteiger partial charge in [0.2, 0.25) is 35.4 Å². The number of ether oxygens (including phenoxy) is 5. The van der Waals surface area contributed by atoms with Gasteiger partial charge < -0.3 is 70.6 Å². The Morgan fingerprint density at radius 3 is 1.52 bits per heavy atom. The van der Waals surface area contributed by atoms with E-state index in [1.165, 1.54) is 27.7 Å². The zero-order valence-corrected chi connectivity index (χ0v) is 61.1. The second kappa shape index (κ2) is 34.2. The third kappa shape index (κ3) is 23.5. The van der Waals surface area contributed by atoms with E-state index < -0.39 is 161 Å². The number of carbonyl (C=O) groups is 10. The Balaban J connectivity index is 1.24. The highest BCUT2D eigenvalue weighted by Gasteiger charge is 2.51. The minimum Gasteiger partial charge on any atom is -0.480 e. The summed E-state index contributed by atoms with van der Waals surface area (Å²) >= 11 is 0. The topological polar surface area (TPSA) is 342 Å². The summed E-state index contributed by atoms with van der Waals surface area (Å²) in [7, 11) is 0. The molecule has 0 saturated carbocycles. The second-order valence-corrected chi connectivity index (χ2v) is 29.6. The molecule has 1 fully saturated rings. The number of carboxylic acid groups (broad SMARTS) is 1. The molecule has 0 spiro atoms. The molecule has 4 aromatic carbocycles. The number of carbonyl (C=O) groups excluding carboxylic acids is 9. The fraction of sp³-hybridized carbons (Fsp3) is 0.507. The number of nitrogens with zero attached hydrogens (tertiary/aromatic N) is 3. The third-order valence-electron chi connectivity index (χ3n) is 16.0. The summed E-state index contributed by atoms with van der Waals surface area (Å²) in [5.41, 5.74) is -2.39. The second-order valence-electron chi connectivity index (χ2n) is 29.6. The fourth-order valence-electron chi connectivity index (χ4n) is 11.8. The number of imidazole rings is 1. The van der Waals surface area contributed by atoms with Crippen LogP contribution in [0.1, 0.15) is 158 Å². The summed E-state index contributed by atoms with van der Waals surface area (Å²) in [6.07, 6.45) is -0.792. The molecule has 1 aliphatic heterocycles. The lowest BCUT2D eigenvalue weighted by atomic mass is 9.77. The van der Waals surface area contributed by atoms with Crippen LogP contribution < -0.4 is 37.2 Å². The highest BCUT2D eigenvalue weighted by atomic mass is 16.6. The average molecular weight is 1400 g/mol. The molecule has 1 aliphatic rings. The van der Waals surface area contributed by atoms with Crippen LogP contribution in [0.4, 0.5) is 4.79 Å². The Kier molecular flexibility index (Phi) is 27.3. The first-order chi connectivity index (χ1) is 47.1. The molecule has 0 bridgehead atoms. The molecule has 0 unspecified atom stereocenters. The molecule has 5 aromatic rings. The summed E-state index contributed by atoms with van der Waals surface area (Å²) < 4.78 is 31.2. The van der Waals surface area contributed by atoms with Crippen molar-refractivity contribution in [2.45, 2.75) is 232 Å². The molecule has 26 nitrogen and oxygen atoms in total. The maximum absolute atomic E-state index is 14.8. The summed E-state index contributed by atoms with van der Waals surface area (Å²) in [4.78, 5) is 147. The average Bonchev–Trinajstić information content (AvgIpc) is 1.72. The minimum atomic E-state index is -1.58.